The van der Waals surface area contributed by atoms with Gasteiger partial charge in [0.2, 0.25) is 0 Å². The van der Waals surface area contributed by atoms with E-state index in [-0.39, 0.29) is 11.7 Å². The minimum absolute atomic E-state index is 0.00711. The number of hydrogen-bond donors (Lipinski definition) is 1. The first-order valence-electron chi connectivity index (χ1n) is 7.27. The minimum Gasteiger partial charge on any atom is -0.507 e. The largest absolute Gasteiger partial charge is 0.507 e. The Morgan fingerprint density at radius 3 is 2.35 bits per heavy atom. The van der Waals surface area contributed by atoms with Crippen LogP contribution in [0, 0.1) is 0 Å². The average molecular weight is 370 g/mol. The molecule has 0 fully saturated rings. The monoisotopic (exact) mass is 369 g/mol. The van der Waals surface area contributed by atoms with E-state index in [1.807, 2.05) is 48.5 Å². The van der Waals surface area contributed by atoms with E-state index in [0.29, 0.717) is 12.1 Å². The second kappa shape index (κ2) is 6.42. The van der Waals surface area contributed by atoms with Crippen molar-refractivity contribution in [1.29, 1.82) is 0 Å². The lowest BCUT2D eigenvalue weighted by molar-refractivity contribution is 0.0782. The molecule has 0 spiro atoms. The molecule has 3 aromatic rings. The predicted octanol–water partition coefficient (Wildman–Crippen LogP) is 4.58. The Bertz CT molecular complexity index is 876. The highest BCUT2D eigenvalue weighted by Crippen LogP contribution is 2.26. The quantitative estimate of drug-likeness (QED) is 0.733. The van der Waals surface area contributed by atoms with E-state index in [1.54, 1.807) is 24.1 Å². The van der Waals surface area contributed by atoms with Gasteiger partial charge in [-0.25, -0.2) is 0 Å². The van der Waals surface area contributed by atoms with Crippen molar-refractivity contribution >= 4 is 32.6 Å². The zero-order valence-corrected chi connectivity index (χ0v) is 14.2. The van der Waals surface area contributed by atoms with Gasteiger partial charge in [0.1, 0.15) is 5.75 Å². The molecule has 1 amide bonds. The molecule has 0 heterocycles. The summed E-state index contributed by atoms with van der Waals surface area (Å²) in [5, 5.41) is 12.0. The maximum absolute atomic E-state index is 12.7. The van der Waals surface area contributed by atoms with Crippen LogP contribution in [0.1, 0.15) is 15.9 Å². The number of hydrogen-bond acceptors (Lipinski definition) is 2. The number of amides is 1. The molecule has 1 N–H and O–H groups in total. The third kappa shape index (κ3) is 3.22. The van der Waals surface area contributed by atoms with E-state index < -0.39 is 0 Å². The number of halogens is 1. The number of aromatic hydroxyl groups is 1. The highest BCUT2D eigenvalue weighted by atomic mass is 79.9. The number of benzene rings is 3. The fourth-order valence-corrected chi connectivity index (χ4v) is 2.97. The van der Waals surface area contributed by atoms with Crippen LogP contribution in [0.2, 0.25) is 0 Å². The van der Waals surface area contributed by atoms with Gasteiger partial charge in [0, 0.05) is 18.1 Å². The van der Waals surface area contributed by atoms with Gasteiger partial charge in [0.25, 0.3) is 5.91 Å². The molecule has 0 saturated heterocycles. The van der Waals surface area contributed by atoms with Crippen molar-refractivity contribution < 1.29 is 9.90 Å². The highest BCUT2D eigenvalue weighted by Gasteiger charge is 2.17. The summed E-state index contributed by atoms with van der Waals surface area (Å²) in [7, 11) is 1.73. The summed E-state index contributed by atoms with van der Waals surface area (Å²) in [6.07, 6.45) is 0. The SMILES string of the molecule is CN(Cc1ccccc1Br)C(=O)c1cc2ccccc2cc1O. The molecule has 0 radical (unpaired) electrons. The van der Waals surface area contributed by atoms with Crippen LogP contribution < -0.4 is 0 Å². The van der Waals surface area contributed by atoms with E-state index in [4.69, 9.17) is 0 Å². The van der Waals surface area contributed by atoms with Gasteiger partial charge in [-0.3, -0.25) is 4.79 Å². The van der Waals surface area contributed by atoms with Crippen LogP contribution in [0.4, 0.5) is 0 Å². The molecule has 0 aliphatic carbocycles. The fourth-order valence-electron chi connectivity index (χ4n) is 2.56. The topological polar surface area (TPSA) is 40.5 Å². The van der Waals surface area contributed by atoms with Crippen molar-refractivity contribution in [2.24, 2.45) is 0 Å². The van der Waals surface area contributed by atoms with Gasteiger partial charge in [-0.05, 0) is 34.5 Å². The molecule has 0 bridgehead atoms. The van der Waals surface area contributed by atoms with Crippen LogP contribution in [0.25, 0.3) is 10.8 Å². The number of carbonyl (C=O) groups excluding carboxylic acids is 1. The fraction of sp³-hybridized carbons (Fsp3) is 0.105. The molecule has 0 unspecified atom stereocenters. The van der Waals surface area contributed by atoms with Crippen molar-refractivity contribution in [1.82, 2.24) is 4.90 Å². The van der Waals surface area contributed by atoms with Gasteiger partial charge in [-0.15, -0.1) is 0 Å². The Labute approximate surface area is 143 Å². The summed E-state index contributed by atoms with van der Waals surface area (Å²) in [4.78, 5) is 14.3. The highest BCUT2D eigenvalue weighted by molar-refractivity contribution is 9.10. The molecular weight excluding hydrogens is 354 g/mol. The smallest absolute Gasteiger partial charge is 0.257 e. The molecule has 0 aliphatic heterocycles. The number of nitrogens with zero attached hydrogens (tertiary/aromatic N) is 1. The van der Waals surface area contributed by atoms with Gasteiger partial charge in [0.15, 0.2) is 0 Å². The Morgan fingerprint density at radius 1 is 1.04 bits per heavy atom. The number of phenols is 1. The Kier molecular flexibility index (Phi) is 4.35. The molecular formula is C19H16BrNO2. The maximum atomic E-state index is 12.7. The van der Waals surface area contributed by atoms with Crippen molar-refractivity contribution in [2.45, 2.75) is 6.54 Å². The molecule has 116 valence electrons. The van der Waals surface area contributed by atoms with E-state index in [1.165, 1.54) is 0 Å². The first kappa shape index (κ1) is 15.6. The number of rotatable bonds is 3. The molecule has 3 rings (SSSR count). The molecule has 4 heteroatoms. The molecule has 23 heavy (non-hydrogen) atoms. The lowest BCUT2D eigenvalue weighted by Gasteiger charge is -2.19. The Hall–Kier alpha value is -2.33. The molecule has 3 nitrogen and oxygen atoms in total. The standard InChI is InChI=1S/C19H16BrNO2/c1-21(12-15-8-4-5-9-17(15)20)19(23)16-10-13-6-2-3-7-14(13)11-18(16)22/h2-11,22H,12H2,1H3. The van der Waals surface area contributed by atoms with Crippen molar-refractivity contribution in [2.75, 3.05) is 7.05 Å². The van der Waals surface area contributed by atoms with Gasteiger partial charge < -0.3 is 10.0 Å². The van der Waals surface area contributed by atoms with Crippen molar-refractivity contribution in [3.63, 3.8) is 0 Å². The molecule has 0 aliphatic rings. The maximum Gasteiger partial charge on any atom is 0.257 e. The molecule has 0 aromatic heterocycles. The second-order valence-corrected chi connectivity index (χ2v) is 6.32. The van der Waals surface area contributed by atoms with Crippen LogP contribution in [0.15, 0.2) is 65.1 Å². The van der Waals surface area contributed by atoms with Gasteiger partial charge in [-0.1, -0.05) is 58.4 Å². The second-order valence-electron chi connectivity index (χ2n) is 5.47. The Morgan fingerprint density at radius 2 is 1.65 bits per heavy atom. The van der Waals surface area contributed by atoms with E-state index >= 15 is 0 Å². The zero-order chi connectivity index (χ0) is 16.4. The summed E-state index contributed by atoms with van der Waals surface area (Å²) in [6.45, 7) is 0.465. The summed E-state index contributed by atoms with van der Waals surface area (Å²) >= 11 is 3.49. The molecule has 0 atom stereocenters. The van der Waals surface area contributed by atoms with E-state index in [0.717, 1.165) is 20.8 Å². The lowest BCUT2D eigenvalue weighted by atomic mass is 10.0. The van der Waals surface area contributed by atoms with E-state index in [2.05, 4.69) is 15.9 Å². The third-order valence-corrected chi connectivity index (χ3v) is 4.58. The van der Waals surface area contributed by atoms with Crippen LogP contribution in [0.5, 0.6) is 5.75 Å². The number of fused-ring (bicyclic) bond motifs is 1. The average Bonchev–Trinajstić information content (AvgIpc) is 2.55. The first-order chi connectivity index (χ1) is 11.1. The number of carbonyl (C=O) groups is 1. The number of phenolic OH excluding ortho intramolecular Hbond substituents is 1. The van der Waals surface area contributed by atoms with Crippen LogP contribution in [0.3, 0.4) is 0 Å². The minimum atomic E-state index is -0.205. The summed E-state index contributed by atoms with van der Waals surface area (Å²) in [5.41, 5.74) is 1.34. The van der Waals surface area contributed by atoms with Gasteiger partial charge in [-0.2, -0.15) is 0 Å². The molecule has 3 aromatic carbocycles. The summed E-state index contributed by atoms with van der Waals surface area (Å²) < 4.78 is 0.961. The van der Waals surface area contributed by atoms with E-state index in [9.17, 15) is 9.90 Å². The van der Waals surface area contributed by atoms with Crippen molar-refractivity contribution in [3.8, 4) is 5.75 Å². The zero-order valence-electron chi connectivity index (χ0n) is 12.7. The lowest BCUT2D eigenvalue weighted by Crippen LogP contribution is -2.26. The molecule has 0 saturated carbocycles. The van der Waals surface area contributed by atoms with Crippen LogP contribution in [-0.2, 0) is 6.54 Å². The summed E-state index contributed by atoms with van der Waals surface area (Å²) in [6, 6.07) is 18.8. The van der Waals surface area contributed by atoms with Gasteiger partial charge >= 0.3 is 0 Å². The predicted molar refractivity (Wildman–Crippen MR) is 95.6 cm³/mol. The van der Waals surface area contributed by atoms with Crippen LogP contribution >= 0.6 is 15.9 Å². The van der Waals surface area contributed by atoms with Crippen molar-refractivity contribution in [3.05, 3.63) is 76.3 Å². The summed E-state index contributed by atoms with van der Waals surface area (Å²) in [5.74, 6) is -0.198. The first-order valence-corrected chi connectivity index (χ1v) is 8.06. The third-order valence-electron chi connectivity index (χ3n) is 3.81. The van der Waals surface area contributed by atoms with Crippen LogP contribution in [-0.4, -0.2) is 23.0 Å². The van der Waals surface area contributed by atoms with Gasteiger partial charge in [0.05, 0.1) is 5.56 Å². The Balaban J connectivity index is 1.90. The normalized spacial score (nSPS) is 10.7.